The first-order valence-corrected chi connectivity index (χ1v) is 3.01. The molecule has 0 amide bonds. The number of carbonyl (C=O) groups excluding carboxylic acids is 3. The van der Waals surface area contributed by atoms with E-state index in [1.54, 1.807) is 0 Å². The summed E-state index contributed by atoms with van der Waals surface area (Å²) in [6.45, 7) is 0.0392. The molecule has 0 aromatic heterocycles. The lowest BCUT2D eigenvalue weighted by Crippen LogP contribution is -2.35. The van der Waals surface area contributed by atoms with E-state index in [1.165, 1.54) is 7.05 Å². The van der Waals surface area contributed by atoms with Crippen LogP contribution in [-0.2, 0) is 19.1 Å². The van der Waals surface area contributed by atoms with E-state index in [0.29, 0.717) is 6.29 Å². The highest BCUT2D eigenvalue weighted by Crippen LogP contribution is 1.90. The van der Waals surface area contributed by atoms with Gasteiger partial charge in [-0.2, -0.15) is 0 Å². The second kappa shape index (κ2) is 5.55. The summed E-state index contributed by atoms with van der Waals surface area (Å²) < 4.78 is 4.01. The minimum atomic E-state index is -0.741. The standard InChI is InChI=1S/C6H9NO4/c1-7-5(2-3-8)6(10)11-4-9/h3-5,7H,2H2,1H3. The predicted octanol–water partition coefficient (Wildman–Crippen LogP) is -1.14. The van der Waals surface area contributed by atoms with Crippen molar-refractivity contribution < 1.29 is 19.1 Å². The van der Waals surface area contributed by atoms with Crippen molar-refractivity contribution in [3.63, 3.8) is 0 Å². The van der Waals surface area contributed by atoms with Crippen molar-refractivity contribution in [2.45, 2.75) is 12.5 Å². The molecule has 0 aliphatic carbocycles. The molecule has 0 spiro atoms. The summed E-state index contributed by atoms with van der Waals surface area (Å²) in [5.74, 6) is -0.741. The number of esters is 1. The molecule has 1 atom stereocenters. The largest absolute Gasteiger partial charge is 0.394 e. The molecule has 0 bridgehead atoms. The number of ether oxygens (including phenoxy) is 1. The van der Waals surface area contributed by atoms with E-state index >= 15 is 0 Å². The van der Waals surface area contributed by atoms with Gasteiger partial charge in [0.1, 0.15) is 12.3 Å². The van der Waals surface area contributed by atoms with E-state index in [4.69, 9.17) is 0 Å². The Morgan fingerprint density at radius 3 is 2.64 bits per heavy atom. The zero-order valence-electron chi connectivity index (χ0n) is 6.07. The van der Waals surface area contributed by atoms with Crippen LogP contribution in [0.25, 0.3) is 0 Å². The molecule has 0 saturated carbocycles. The third kappa shape index (κ3) is 3.47. The van der Waals surface area contributed by atoms with Crippen LogP contribution in [0, 0.1) is 0 Å². The third-order valence-electron chi connectivity index (χ3n) is 1.13. The van der Waals surface area contributed by atoms with Crippen molar-refractivity contribution >= 4 is 18.7 Å². The normalized spacial score (nSPS) is 11.7. The summed E-state index contributed by atoms with van der Waals surface area (Å²) in [6.07, 6.45) is 0.580. The van der Waals surface area contributed by atoms with Gasteiger partial charge in [-0.15, -0.1) is 0 Å². The van der Waals surface area contributed by atoms with Crippen LogP contribution in [0.2, 0.25) is 0 Å². The van der Waals surface area contributed by atoms with Gasteiger partial charge in [0, 0.05) is 6.42 Å². The Kier molecular flexibility index (Phi) is 4.93. The minimum Gasteiger partial charge on any atom is -0.394 e. The quantitative estimate of drug-likeness (QED) is 0.312. The molecule has 0 radical (unpaired) electrons. The molecular formula is C6H9NO4. The highest BCUT2D eigenvalue weighted by Gasteiger charge is 2.16. The highest BCUT2D eigenvalue weighted by atomic mass is 16.6. The Balaban J connectivity index is 3.90. The maximum Gasteiger partial charge on any atom is 0.331 e. The van der Waals surface area contributed by atoms with Crippen molar-refractivity contribution in [2.24, 2.45) is 0 Å². The Morgan fingerprint density at radius 2 is 2.27 bits per heavy atom. The van der Waals surface area contributed by atoms with Gasteiger partial charge in [-0.25, -0.2) is 4.79 Å². The minimum absolute atomic E-state index is 0.00315. The highest BCUT2D eigenvalue weighted by molar-refractivity contribution is 5.83. The summed E-state index contributed by atoms with van der Waals surface area (Å²) in [5.41, 5.74) is 0. The van der Waals surface area contributed by atoms with E-state index in [2.05, 4.69) is 10.1 Å². The fraction of sp³-hybridized carbons (Fsp3) is 0.500. The maximum absolute atomic E-state index is 10.7. The number of hydrogen-bond donors (Lipinski definition) is 1. The summed E-state index contributed by atoms with van der Waals surface area (Å²) >= 11 is 0. The molecule has 0 saturated heterocycles. The predicted molar refractivity (Wildman–Crippen MR) is 35.7 cm³/mol. The SMILES string of the molecule is CNC(CC=O)C(=O)OC=O. The number of rotatable bonds is 5. The van der Waals surface area contributed by atoms with Gasteiger partial charge in [0.25, 0.3) is 0 Å². The van der Waals surface area contributed by atoms with Crippen molar-refractivity contribution in [2.75, 3.05) is 7.05 Å². The lowest BCUT2D eigenvalue weighted by atomic mass is 10.2. The van der Waals surface area contributed by atoms with Gasteiger partial charge in [-0.3, -0.25) is 4.79 Å². The van der Waals surface area contributed by atoms with Gasteiger partial charge in [-0.1, -0.05) is 0 Å². The monoisotopic (exact) mass is 159 g/mol. The van der Waals surface area contributed by atoms with Crippen molar-refractivity contribution in [1.29, 1.82) is 0 Å². The van der Waals surface area contributed by atoms with E-state index in [0.717, 1.165) is 0 Å². The van der Waals surface area contributed by atoms with E-state index < -0.39 is 12.0 Å². The molecule has 0 aromatic carbocycles. The lowest BCUT2D eigenvalue weighted by molar-refractivity contribution is -0.153. The van der Waals surface area contributed by atoms with Crippen LogP contribution in [-0.4, -0.2) is 31.8 Å². The second-order valence-electron chi connectivity index (χ2n) is 1.78. The smallest absolute Gasteiger partial charge is 0.331 e. The number of carbonyl (C=O) groups is 3. The van der Waals surface area contributed by atoms with Gasteiger partial charge in [0.15, 0.2) is 0 Å². The number of hydrogen-bond acceptors (Lipinski definition) is 5. The molecule has 0 aliphatic rings. The van der Waals surface area contributed by atoms with Crippen LogP contribution >= 0.6 is 0 Å². The first kappa shape index (κ1) is 9.77. The Morgan fingerprint density at radius 1 is 1.64 bits per heavy atom. The summed E-state index contributed by atoms with van der Waals surface area (Å²) in [4.78, 5) is 30.3. The Labute approximate surface area is 63.7 Å². The van der Waals surface area contributed by atoms with Gasteiger partial charge in [-0.05, 0) is 7.05 Å². The van der Waals surface area contributed by atoms with Crippen LogP contribution in [0.3, 0.4) is 0 Å². The molecule has 62 valence electrons. The van der Waals surface area contributed by atoms with Crippen LogP contribution in [0.15, 0.2) is 0 Å². The maximum atomic E-state index is 10.7. The fourth-order valence-corrected chi connectivity index (χ4v) is 0.558. The molecule has 0 heterocycles. The van der Waals surface area contributed by atoms with Crippen LogP contribution in [0.5, 0.6) is 0 Å². The van der Waals surface area contributed by atoms with E-state index in [1.807, 2.05) is 0 Å². The number of nitrogens with one attached hydrogen (secondary N) is 1. The lowest BCUT2D eigenvalue weighted by Gasteiger charge is -2.07. The molecular weight excluding hydrogens is 150 g/mol. The van der Waals surface area contributed by atoms with Gasteiger partial charge >= 0.3 is 12.4 Å². The van der Waals surface area contributed by atoms with Crippen molar-refractivity contribution in [3.8, 4) is 0 Å². The number of likely N-dealkylation sites (N-methyl/N-ethyl adjacent to an activating group) is 1. The molecule has 0 fully saturated rings. The van der Waals surface area contributed by atoms with Gasteiger partial charge in [0.05, 0.1) is 0 Å². The molecule has 0 aliphatic heterocycles. The molecule has 0 rings (SSSR count). The number of aldehydes is 1. The Bertz CT molecular complexity index is 157. The van der Waals surface area contributed by atoms with E-state index in [-0.39, 0.29) is 12.9 Å². The summed E-state index contributed by atoms with van der Waals surface area (Å²) in [7, 11) is 1.50. The first-order chi connectivity index (χ1) is 5.26. The zero-order chi connectivity index (χ0) is 8.69. The molecule has 5 heteroatoms. The van der Waals surface area contributed by atoms with Crippen LogP contribution in [0.4, 0.5) is 0 Å². The summed E-state index contributed by atoms with van der Waals surface area (Å²) in [6, 6.07) is -0.724. The second-order valence-corrected chi connectivity index (χ2v) is 1.78. The molecule has 11 heavy (non-hydrogen) atoms. The van der Waals surface area contributed by atoms with Crippen LogP contribution < -0.4 is 5.32 Å². The first-order valence-electron chi connectivity index (χ1n) is 3.01. The van der Waals surface area contributed by atoms with E-state index in [9.17, 15) is 14.4 Å². The fourth-order valence-electron chi connectivity index (χ4n) is 0.558. The van der Waals surface area contributed by atoms with Crippen molar-refractivity contribution in [3.05, 3.63) is 0 Å². The zero-order valence-corrected chi connectivity index (χ0v) is 6.07. The molecule has 1 unspecified atom stereocenters. The average molecular weight is 159 g/mol. The van der Waals surface area contributed by atoms with Crippen molar-refractivity contribution in [1.82, 2.24) is 5.32 Å². The average Bonchev–Trinajstić information content (AvgIpc) is 2.00. The third-order valence-corrected chi connectivity index (χ3v) is 1.13. The molecule has 0 aromatic rings. The molecule has 1 N–H and O–H groups in total. The molecule has 5 nitrogen and oxygen atoms in total. The van der Waals surface area contributed by atoms with Crippen LogP contribution in [0.1, 0.15) is 6.42 Å². The summed E-state index contributed by atoms with van der Waals surface area (Å²) in [5, 5.41) is 2.52. The Hall–Kier alpha value is -1.23. The van der Waals surface area contributed by atoms with Gasteiger partial charge in [0.2, 0.25) is 0 Å². The van der Waals surface area contributed by atoms with Gasteiger partial charge < -0.3 is 14.8 Å². The topological polar surface area (TPSA) is 72.5 Å².